The molecular weight excluding hydrogens is 445 g/mol. The molecule has 0 aromatic heterocycles. The highest BCUT2D eigenvalue weighted by molar-refractivity contribution is 14.0. The summed E-state index contributed by atoms with van der Waals surface area (Å²) in [4.78, 5) is 4.62. The molecule has 1 aromatic carbocycles. The van der Waals surface area contributed by atoms with E-state index >= 15 is 0 Å². The topological polar surface area (TPSA) is 75.1 Å². The van der Waals surface area contributed by atoms with Crippen LogP contribution >= 0.6 is 24.0 Å². The number of aliphatic imine (C=N–C) groups is 1. The van der Waals surface area contributed by atoms with Crippen LogP contribution in [0.5, 0.6) is 11.5 Å². The van der Waals surface area contributed by atoms with Crippen molar-refractivity contribution in [2.45, 2.75) is 39.7 Å². The molecule has 1 unspecified atom stereocenters. The lowest BCUT2D eigenvalue weighted by atomic mass is 10.0. The zero-order chi connectivity index (χ0) is 18.7. The maximum Gasteiger partial charge on any atom is 0.191 e. The van der Waals surface area contributed by atoms with E-state index in [-0.39, 0.29) is 24.0 Å². The Morgan fingerprint density at radius 2 is 1.62 bits per heavy atom. The third-order valence-electron chi connectivity index (χ3n) is 4.23. The molecule has 26 heavy (non-hydrogen) atoms. The van der Waals surface area contributed by atoms with Crippen LogP contribution in [0, 0.1) is 5.92 Å². The number of methoxy groups -OCH3 is 2. The van der Waals surface area contributed by atoms with Gasteiger partial charge in [0, 0.05) is 25.7 Å². The molecule has 0 aliphatic heterocycles. The van der Waals surface area contributed by atoms with Crippen LogP contribution < -0.4 is 20.1 Å². The minimum atomic E-state index is -0.694. The van der Waals surface area contributed by atoms with Crippen molar-refractivity contribution in [2.75, 3.05) is 33.9 Å². The summed E-state index contributed by atoms with van der Waals surface area (Å²) < 4.78 is 10.5. The van der Waals surface area contributed by atoms with Gasteiger partial charge < -0.3 is 25.2 Å². The fourth-order valence-corrected chi connectivity index (χ4v) is 2.44. The number of rotatable bonds is 10. The molecule has 1 rings (SSSR count). The lowest BCUT2D eigenvalue weighted by molar-refractivity contribution is 0.180. The zero-order valence-corrected chi connectivity index (χ0v) is 18.9. The van der Waals surface area contributed by atoms with Gasteiger partial charge in [-0.15, -0.1) is 24.0 Å². The summed E-state index contributed by atoms with van der Waals surface area (Å²) in [6, 6.07) is 5.40. The number of ether oxygens (including phenoxy) is 2. The second kappa shape index (κ2) is 13.9. The second-order valence-electron chi connectivity index (χ2n) is 5.94. The maximum atomic E-state index is 10.5. The SMILES string of the molecule is CCNC(=NCC(CC)CC)NCC(O)c1cc(OC)cc(OC)c1.I. The van der Waals surface area contributed by atoms with E-state index in [0.29, 0.717) is 24.0 Å². The molecular formula is C19H34IN3O3. The Hall–Kier alpha value is -1.22. The van der Waals surface area contributed by atoms with Gasteiger partial charge in [-0.05, 0) is 30.5 Å². The Kier molecular flexibility index (Phi) is 13.3. The van der Waals surface area contributed by atoms with E-state index in [1.54, 1.807) is 20.3 Å². The molecule has 1 aromatic rings. The van der Waals surface area contributed by atoms with Crippen molar-refractivity contribution in [3.63, 3.8) is 0 Å². The van der Waals surface area contributed by atoms with Gasteiger partial charge in [-0.3, -0.25) is 4.99 Å². The van der Waals surface area contributed by atoms with Crippen molar-refractivity contribution in [1.82, 2.24) is 10.6 Å². The quantitative estimate of drug-likeness (QED) is 0.273. The number of nitrogens with zero attached hydrogens (tertiary/aromatic N) is 1. The number of aliphatic hydroxyl groups excluding tert-OH is 1. The van der Waals surface area contributed by atoms with Crippen LogP contribution in [-0.2, 0) is 0 Å². The van der Waals surface area contributed by atoms with E-state index in [4.69, 9.17) is 9.47 Å². The summed E-state index contributed by atoms with van der Waals surface area (Å²) in [5.41, 5.74) is 0.736. The van der Waals surface area contributed by atoms with E-state index in [1.165, 1.54) is 0 Å². The molecule has 0 saturated carbocycles. The molecule has 0 spiro atoms. The monoisotopic (exact) mass is 479 g/mol. The lowest BCUT2D eigenvalue weighted by Crippen LogP contribution is -2.39. The number of hydrogen-bond acceptors (Lipinski definition) is 4. The van der Waals surface area contributed by atoms with Crippen LogP contribution in [0.3, 0.4) is 0 Å². The first-order chi connectivity index (χ1) is 12.1. The van der Waals surface area contributed by atoms with Crippen LogP contribution in [0.2, 0.25) is 0 Å². The molecule has 0 fully saturated rings. The smallest absolute Gasteiger partial charge is 0.191 e. The Morgan fingerprint density at radius 3 is 2.08 bits per heavy atom. The van der Waals surface area contributed by atoms with Crippen LogP contribution in [0.15, 0.2) is 23.2 Å². The predicted molar refractivity (Wildman–Crippen MR) is 118 cm³/mol. The molecule has 6 nitrogen and oxygen atoms in total. The van der Waals surface area contributed by atoms with Gasteiger partial charge in [0.1, 0.15) is 11.5 Å². The molecule has 0 bridgehead atoms. The van der Waals surface area contributed by atoms with Gasteiger partial charge in [0.05, 0.1) is 20.3 Å². The molecule has 0 aliphatic rings. The first-order valence-corrected chi connectivity index (χ1v) is 9.00. The number of aliphatic hydroxyl groups is 1. The molecule has 3 N–H and O–H groups in total. The largest absolute Gasteiger partial charge is 0.497 e. The van der Waals surface area contributed by atoms with Gasteiger partial charge in [-0.2, -0.15) is 0 Å². The number of guanidine groups is 1. The number of halogens is 1. The third kappa shape index (κ3) is 8.44. The highest BCUT2D eigenvalue weighted by atomic mass is 127. The van der Waals surface area contributed by atoms with Gasteiger partial charge in [-0.25, -0.2) is 0 Å². The van der Waals surface area contributed by atoms with Crippen molar-refractivity contribution in [2.24, 2.45) is 10.9 Å². The number of nitrogens with one attached hydrogen (secondary N) is 2. The average molecular weight is 479 g/mol. The first kappa shape index (κ1) is 24.8. The molecule has 0 saturated heterocycles. The van der Waals surface area contributed by atoms with Gasteiger partial charge in [0.25, 0.3) is 0 Å². The van der Waals surface area contributed by atoms with Gasteiger partial charge in [0.2, 0.25) is 0 Å². The Balaban J connectivity index is 0.00000625. The Bertz CT molecular complexity index is 515. The Morgan fingerprint density at radius 1 is 1.04 bits per heavy atom. The van der Waals surface area contributed by atoms with Crippen LogP contribution in [0.4, 0.5) is 0 Å². The van der Waals surface area contributed by atoms with Gasteiger partial charge in [-0.1, -0.05) is 26.7 Å². The van der Waals surface area contributed by atoms with Gasteiger partial charge in [0.15, 0.2) is 5.96 Å². The van der Waals surface area contributed by atoms with Crippen LogP contribution in [0.1, 0.15) is 45.3 Å². The van der Waals surface area contributed by atoms with Crippen molar-refractivity contribution >= 4 is 29.9 Å². The predicted octanol–water partition coefficient (Wildman–Crippen LogP) is 3.35. The van der Waals surface area contributed by atoms with E-state index in [1.807, 2.05) is 19.1 Å². The molecule has 0 aliphatic carbocycles. The van der Waals surface area contributed by atoms with E-state index in [9.17, 15) is 5.11 Å². The van der Waals surface area contributed by atoms with Crippen LogP contribution in [-0.4, -0.2) is 44.9 Å². The highest BCUT2D eigenvalue weighted by Gasteiger charge is 2.12. The second-order valence-corrected chi connectivity index (χ2v) is 5.94. The number of hydrogen-bond donors (Lipinski definition) is 3. The number of benzene rings is 1. The van der Waals surface area contributed by atoms with Crippen molar-refractivity contribution in [3.8, 4) is 11.5 Å². The van der Waals surface area contributed by atoms with E-state index < -0.39 is 6.10 Å². The van der Waals surface area contributed by atoms with E-state index in [0.717, 1.165) is 37.5 Å². The van der Waals surface area contributed by atoms with Crippen molar-refractivity contribution in [3.05, 3.63) is 23.8 Å². The van der Waals surface area contributed by atoms with Crippen LogP contribution in [0.25, 0.3) is 0 Å². The van der Waals surface area contributed by atoms with E-state index in [2.05, 4.69) is 29.5 Å². The highest BCUT2D eigenvalue weighted by Crippen LogP contribution is 2.26. The molecule has 1 atom stereocenters. The van der Waals surface area contributed by atoms with Gasteiger partial charge >= 0.3 is 0 Å². The maximum absolute atomic E-state index is 10.5. The minimum Gasteiger partial charge on any atom is -0.497 e. The lowest BCUT2D eigenvalue weighted by Gasteiger charge is -2.18. The summed E-state index contributed by atoms with van der Waals surface area (Å²) in [7, 11) is 3.19. The molecule has 0 radical (unpaired) electrons. The van der Waals surface area contributed by atoms with Crippen molar-refractivity contribution < 1.29 is 14.6 Å². The van der Waals surface area contributed by atoms with Crippen molar-refractivity contribution in [1.29, 1.82) is 0 Å². The standard InChI is InChI=1S/C19H33N3O3.HI/c1-6-14(7-2)12-21-19(20-8-3)22-13-18(23)15-9-16(24-4)11-17(10-15)25-5;/h9-11,14,18,23H,6-8,12-13H2,1-5H3,(H2,20,21,22);1H. The normalized spacial score (nSPS) is 12.3. The Labute approximate surface area is 174 Å². The minimum absolute atomic E-state index is 0. The third-order valence-corrected chi connectivity index (χ3v) is 4.23. The molecule has 7 heteroatoms. The molecule has 0 heterocycles. The zero-order valence-electron chi connectivity index (χ0n) is 16.5. The fraction of sp³-hybridized carbons (Fsp3) is 0.632. The summed E-state index contributed by atoms with van der Waals surface area (Å²) >= 11 is 0. The molecule has 0 amide bonds. The fourth-order valence-electron chi connectivity index (χ4n) is 2.44. The molecule has 150 valence electrons. The first-order valence-electron chi connectivity index (χ1n) is 9.00. The summed E-state index contributed by atoms with van der Waals surface area (Å²) in [6.45, 7) is 8.31. The average Bonchev–Trinajstić information content (AvgIpc) is 2.65. The summed E-state index contributed by atoms with van der Waals surface area (Å²) in [5.74, 6) is 2.62. The summed E-state index contributed by atoms with van der Waals surface area (Å²) in [5, 5.41) is 16.9. The summed E-state index contributed by atoms with van der Waals surface area (Å²) in [6.07, 6.45) is 1.54.